The number of hydrogen-bond donors (Lipinski definition) is 0. The summed E-state index contributed by atoms with van der Waals surface area (Å²) < 4.78 is 0. The van der Waals surface area contributed by atoms with E-state index in [4.69, 9.17) is 0 Å². The SMILES string of the molecule is C[Si](C)(C)C(=C=Cc1ccsc1)[Si](C)(C)C. The van der Waals surface area contributed by atoms with Crippen molar-refractivity contribution in [3.8, 4) is 0 Å². The van der Waals surface area contributed by atoms with Crippen molar-refractivity contribution in [2.75, 3.05) is 0 Å². The minimum atomic E-state index is -1.22. The van der Waals surface area contributed by atoms with Gasteiger partial charge in [-0.05, 0) is 28.5 Å². The fraction of sp³-hybridized carbons (Fsp3) is 0.462. The van der Waals surface area contributed by atoms with Crippen LogP contribution in [0.4, 0.5) is 0 Å². The largest absolute Gasteiger partial charge is 0.152 e. The Labute approximate surface area is 106 Å². The molecule has 0 nitrogen and oxygen atoms in total. The molecule has 3 heteroatoms. The molecule has 0 spiro atoms. The maximum Gasteiger partial charge on any atom is 0.0773 e. The van der Waals surface area contributed by atoms with Crippen molar-refractivity contribution < 1.29 is 0 Å². The van der Waals surface area contributed by atoms with Crippen LogP contribution in [0.5, 0.6) is 0 Å². The van der Waals surface area contributed by atoms with E-state index in [1.165, 1.54) is 5.56 Å². The third kappa shape index (κ3) is 3.91. The Kier molecular flexibility index (Phi) is 4.19. The lowest BCUT2D eigenvalue weighted by Gasteiger charge is -2.29. The van der Waals surface area contributed by atoms with Gasteiger partial charge in [-0.2, -0.15) is 11.3 Å². The van der Waals surface area contributed by atoms with Crippen molar-refractivity contribution in [3.05, 3.63) is 32.9 Å². The van der Waals surface area contributed by atoms with Gasteiger partial charge in [0, 0.05) is 0 Å². The van der Waals surface area contributed by atoms with Gasteiger partial charge in [-0.1, -0.05) is 44.1 Å². The summed E-state index contributed by atoms with van der Waals surface area (Å²) >= 11 is 1.75. The highest BCUT2D eigenvalue weighted by Gasteiger charge is 2.30. The summed E-state index contributed by atoms with van der Waals surface area (Å²) in [4.78, 5) is 1.64. The van der Waals surface area contributed by atoms with Crippen LogP contribution in [-0.2, 0) is 0 Å². The van der Waals surface area contributed by atoms with E-state index in [-0.39, 0.29) is 0 Å². The smallest absolute Gasteiger partial charge is 0.0773 e. The molecule has 88 valence electrons. The molecule has 0 aromatic carbocycles. The van der Waals surface area contributed by atoms with Crippen LogP contribution in [0.1, 0.15) is 5.56 Å². The summed E-state index contributed by atoms with van der Waals surface area (Å²) in [7, 11) is -2.43. The molecule has 0 N–H and O–H groups in total. The average molecular weight is 267 g/mol. The van der Waals surface area contributed by atoms with Crippen LogP contribution in [0.15, 0.2) is 27.4 Å². The van der Waals surface area contributed by atoms with Gasteiger partial charge >= 0.3 is 0 Å². The van der Waals surface area contributed by atoms with Crippen LogP contribution in [0.2, 0.25) is 39.3 Å². The van der Waals surface area contributed by atoms with Crippen LogP contribution in [0.25, 0.3) is 6.08 Å². The van der Waals surface area contributed by atoms with Crippen molar-refractivity contribution in [2.24, 2.45) is 0 Å². The molecule has 16 heavy (non-hydrogen) atoms. The zero-order chi connectivity index (χ0) is 12.4. The first-order valence-electron chi connectivity index (χ1n) is 5.71. The van der Waals surface area contributed by atoms with E-state index in [9.17, 15) is 0 Å². The molecule has 0 radical (unpaired) electrons. The van der Waals surface area contributed by atoms with E-state index in [0.717, 1.165) is 0 Å². The van der Waals surface area contributed by atoms with Gasteiger partial charge in [-0.25, -0.2) is 0 Å². The van der Waals surface area contributed by atoms with Crippen LogP contribution in [0.3, 0.4) is 0 Å². The highest BCUT2D eigenvalue weighted by molar-refractivity contribution is 7.08. The topological polar surface area (TPSA) is 0 Å². The molecule has 0 amide bonds. The van der Waals surface area contributed by atoms with Gasteiger partial charge in [0.2, 0.25) is 0 Å². The molecular weight excluding hydrogens is 244 g/mol. The maximum atomic E-state index is 3.62. The van der Waals surface area contributed by atoms with Gasteiger partial charge in [0.15, 0.2) is 0 Å². The molecular formula is C13H22SSi2. The Balaban J connectivity index is 3.18. The lowest BCUT2D eigenvalue weighted by Crippen LogP contribution is -2.39. The number of rotatable bonds is 3. The van der Waals surface area contributed by atoms with E-state index in [2.05, 4.69) is 67.9 Å². The van der Waals surface area contributed by atoms with Gasteiger partial charge in [-0.15, -0.1) is 5.73 Å². The molecule has 1 rings (SSSR count). The van der Waals surface area contributed by atoms with Gasteiger partial charge < -0.3 is 0 Å². The number of thiophene rings is 1. The second-order valence-corrected chi connectivity index (χ2v) is 17.5. The summed E-state index contributed by atoms with van der Waals surface area (Å²) in [5.74, 6) is 0. The minimum Gasteiger partial charge on any atom is -0.152 e. The Morgan fingerprint density at radius 1 is 1.12 bits per heavy atom. The third-order valence-corrected chi connectivity index (χ3v) is 10.9. The van der Waals surface area contributed by atoms with Crippen LogP contribution >= 0.6 is 11.3 Å². The van der Waals surface area contributed by atoms with Crippen LogP contribution < -0.4 is 0 Å². The van der Waals surface area contributed by atoms with Crippen LogP contribution in [-0.4, -0.2) is 16.1 Å². The quantitative estimate of drug-likeness (QED) is 0.531. The van der Waals surface area contributed by atoms with Crippen molar-refractivity contribution in [1.82, 2.24) is 0 Å². The minimum absolute atomic E-state index is 1.22. The second kappa shape index (κ2) is 4.88. The van der Waals surface area contributed by atoms with Crippen molar-refractivity contribution in [3.63, 3.8) is 0 Å². The van der Waals surface area contributed by atoms with Crippen molar-refractivity contribution in [1.29, 1.82) is 0 Å². The number of hydrogen-bond acceptors (Lipinski definition) is 1. The van der Waals surface area contributed by atoms with E-state index in [1.54, 1.807) is 16.2 Å². The van der Waals surface area contributed by atoms with Crippen LogP contribution in [0, 0.1) is 0 Å². The molecule has 0 fully saturated rings. The molecule has 1 aromatic rings. The second-order valence-electron chi connectivity index (χ2n) is 6.22. The Bertz CT molecular complexity index is 380. The summed E-state index contributed by atoms with van der Waals surface area (Å²) in [5, 5.41) is 4.30. The molecule has 1 aromatic heterocycles. The summed E-state index contributed by atoms with van der Waals surface area (Å²) in [6.45, 7) is 14.6. The zero-order valence-corrected chi connectivity index (χ0v) is 14.0. The van der Waals surface area contributed by atoms with E-state index < -0.39 is 16.1 Å². The highest BCUT2D eigenvalue weighted by atomic mass is 32.1. The fourth-order valence-corrected chi connectivity index (χ4v) is 12.7. The summed E-state index contributed by atoms with van der Waals surface area (Å²) in [6, 6.07) is 2.16. The molecule has 0 aliphatic rings. The molecule has 0 aliphatic carbocycles. The summed E-state index contributed by atoms with van der Waals surface area (Å²) in [6.07, 6.45) is 2.17. The van der Waals surface area contributed by atoms with E-state index >= 15 is 0 Å². The first-order valence-corrected chi connectivity index (χ1v) is 13.7. The Morgan fingerprint density at radius 3 is 2.06 bits per heavy atom. The van der Waals surface area contributed by atoms with Gasteiger partial charge in [0.1, 0.15) is 0 Å². The first kappa shape index (κ1) is 13.7. The highest BCUT2D eigenvalue weighted by Crippen LogP contribution is 2.24. The first-order chi connectivity index (χ1) is 7.21. The summed E-state index contributed by atoms with van der Waals surface area (Å²) in [5.41, 5.74) is 4.91. The monoisotopic (exact) mass is 266 g/mol. The average Bonchev–Trinajstić information content (AvgIpc) is 2.51. The predicted molar refractivity (Wildman–Crippen MR) is 82.5 cm³/mol. The Hall–Kier alpha value is -0.346. The third-order valence-electron chi connectivity index (χ3n) is 2.43. The lowest BCUT2D eigenvalue weighted by atomic mass is 10.3. The molecule has 0 saturated heterocycles. The standard InChI is InChI=1S/C13H22SSi2/c1-15(2,3)13(16(4,5)6)8-7-12-9-10-14-11-12/h7,9-11H,1-6H3. The molecule has 0 atom stereocenters. The van der Waals surface area contributed by atoms with Crippen molar-refractivity contribution >= 4 is 33.6 Å². The zero-order valence-electron chi connectivity index (χ0n) is 11.2. The predicted octanol–water partition coefficient (Wildman–Crippen LogP) is 5.04. The fourth-order valence-electron chi connectivity index (χ4n) is 2.07. The molecule has 1 heterocycles. The molecule has 0 unspecified atom stereocenters. The normalized spacial score (nSPS) is 12.1. The molecule has 0 aliphatic heterocycles. The van der Waals surface area contributed by atoms with Gasteiger partial charge in [0.25, 0.3) is 0 Å². The van der Waals surface area contributed by atoms with Crippen molar-refractivity contribution in [2.45, 2.75) is 39.3 Å². The Morgan fingerprint density at radius 2 is 1.69 bits per heavy atom. The van der Waals surface area contributed by atoms with Gasteiger partial charge in [-0.3, -0.25) is 0 Å². The van der Waals surface area contributed by atoms with E-state index in [1.807, 2.05) is 0 Å². The lowest BCUT2D eigenvalue weighted by molar-refractivity contribution is 1.64. The van der Waals surface area contributed by atoms with E-state index in [0.29, 0.717) is 0 Å². The van der Waals surface area contributed by atoms with Gasteiger partial charge in [0.05, 0.1) is 16.1 Å². The molecule has 0 saturated carbocycles. The maximum absolute atomic E-state index is 3.62. The molecule has 0 bridgehead atoms.